The minimum Gasteiger partial charge on any atom is -0.454 e. The number of benzene rings is 2. The minimum atomic E-state index is -3.65. The summed E-state index contributed by atoms with van der Waals surface area (Å²) in [4.78, 5) is 47.7. The molecule has 0 aliphatic heterocycles. The molecule has 2 N–H and O–H groups in total. The molecule has 2 rings (SSSR count). The van der Waals surface area contributed by atoms with Crippen molar-refractivity contribution in [2.24, 2.45) is 0 Å². The zero-order valence-electron chi connectivity index (χ0n) is 18.9. The highest BCUT2D eigenvalue weighted by Crippen LogP contribution is 2.16. The molecule has 0 heterocycles. The number of esters is 1. The first-order chi connectivity index (χ1) is 16.2. The third-order valence-electron chi connectivity index (χ3n) is 4.70. The molecule has 10 nitrogen and oxygen atoms in total. The minimum absolute atomic E-state index is 0.00555. The number of carbonyl (C=O) groups excluding carboxylic acids is 4. The van der Waals surface area contributed by atoms with Gasteiger partial charge in [-0.05, 0) is 29.8 Å². The molecule has 3 amide bonds. The zero-order valence-corrected chi connectivity index (χ0v) is 19.8. The number of amides is 3. The van der Waals surface area contributed by atoms with Crippen LogP contribution in [-0.2, 0) is 35.6 Å². The van der Waals surface area contributed by atoms with Crippen LogP contribution in [0.5, 0.6) is 0 Å². The normalized spacial score (nSPS) is 11.0. The van der Waals surface area contributed by atoms with Gasteiger partial charge in [0.25, 0.3) is 11.8 Å². The van der Waals surface area contributed by atoms with Gasteiger partial charge in [-0.2, -0.15) is 4.31 Å². The second kappa shape index (κ2) is 12.6. The Morgan fingerprint density at radius 1 is 0.882 bits per heavy atom. The standard InChI is InChI=1S/C23H27N3O7S/c1-3-26(4-2)34(31,32)19-12-10-18(11-13-19)23(30)24-15-22(29)33-16-21(28)25-20(27)14-17-8-6-5-7-9-17/h5-13H,3-4,14-16H2,1-2H3,(H,24,30)(H,25,27,28). The fourth-order valence-corrected chi connectivity index (χ4v) is 4.42. The van der Waals surface area contributed by atoms with Gasteiger partial charge in [0.05, 0.1) is 11.3 Å². The topological polar surface area (TPSA) is 139 Å². The van der Waals surface area contributed by atoms with Crippen molar-refractivity contribution in [1.82, 2.24) is 14.9 Å². The van der Waals surface area contributed by atoms with Crippen LogP contribution in [-0.4, -0.2) is 62.7 Å². The highest BCUT2D eigenvalue weighted by atomic mass is 32.2. The number of rotatable bonds is 11. The number of nitrogens with one attached hydrogen (secondary N) is 2. The Hall–Kier alpha value is -3.57. The molecular weight excluding hydrogens is 462 g/mol. The SMILES string of the molecule is CCN(CC)S(=O)(=O)c1ccc(C(=O)NCC(=O)OCC(=O)NC(=O)Cc2ccccc2)cc1. The highest BCUT2D eigenvalue weighted by Gasteiger charge is 2.22. The summed E-state index contributed by atoms with van der Waals surface area (Å²) in [5.74, 6) is -2.82. The van der Waals surface area contributed by atoms with E-state index in [1.807, 2.05) is 0 Å². The molecule has 0 unspecified atom stereocenters. The van der Waals surface area contributed by atoms with Gasteiger partial charge in [0.1, 0.15) is 6.54 Å². The summed E-state index contributed by atoms with van der Waals surface area (Å²) in [6.07, 6.45) is 0.00555. The summed E-state index contributed by atoms with van der Waals surface area (Å²) < 4.78 is 31.0. The molecule has 34 heavy (non-hydrogen) atoms. The molecule has 0 radical (unpaired) electrons. The van der Waals surface area contributed by atoms with E-state index in [-0.39, 0.29) is 16.9 Å². The third kappa shape index (κ3) is 7.78. The maximum absolute atomic E-state index is 12.5. The number of hydrogen-bond acceptors (Lipinski definition) is 7. The lowest BCUT2D eigenvalue weighted by Gasteiger charge is -2.18. The molecular formula is C23H27N3O7S. The van der Waals surface area contributed by atoms with E-state index in [1.54, 1.807) is 44.2 Å². The Balaban J connectivity index is 1.77. The Bertz CT molecular complexity index is 1110. The van der Waals surface area contributed by atoms with Crippen LogP contribution >= 0.6 is 0 Å². The van der Waals surface area contributed by atoms with Gasteiger partial charge in [0.15, 0.2) is 6.61 Å². The lowest BCUT2D eigenvalue weighted by molar-refractivity contribution is -0.148. The fraction of sp³-hybridized carbons (Fsp3) is 0.304. The maximum atomic E-state index is 12.5. The van der Waals surface area contributed by atoms with E-state index in [1.165, 1.54) is 28.6 Å². The van der Waals surface area contributed by atoms with Crippen molar-refractivity contribution in [3.8, 4) is 0 Å². The van der Waals surface area contributed by atoms with E-state index < -0.39 is 46.9 Å². The molecule has 182 valence electrons. The first-order valence-corrected chi connectivity index (χ1v) is 12.0. The van der Waals surface area contributed by atoms with Gasteiger partial charge in [-0.3, -0.25) is 24.5 Å². The molecule has 11 heteroatoms. The van der Waals surface area contributed by atoms with Gasteiger partial charge < -0.3 is 10.1 Å². The van der Waals surface area contributed by atoms with Crippen molar-refractivity contribution in [3.05, 3.63) is 65.7 Å². The van der Waals surface area contributed by atoms with E-state index in [2.05, 4.69) is 10.6 Å². The summed E-state index contributed by atoms with van der Waals surface area (Å²) in [6.45, 7) is 2.92. The molecule has 0 fully saturated rings. The van der Waals surface area contributed by atoms with Crippen LogP contribution in [0.3, 0.4) is 0 Å². The monoisotopic (exact) mass is 489 g/mol. The van der Waals surface area contributed by atoms with Crippen LogP contribution in [0.4, 0.5) is 0 Å². The van der Waals surface area contributed by atoms with Crippen LogP contribution in [0.25, 0.3) is 0 Å². The van der Waals surface area contributed by atoms with E-state index in [4.69, 9.17) is 4.74 Å². The predicted octanol–water partition coefficient (Wildman–Crippen LogP) is 0.876. The molecule has 0 atom stereocenters. The highest BCUT2D eigenvalue weighted by molar-refractivity contribution is 7.89. The number of imide groups is 1. The van der Waals surface area contributed by atoms with E-state index in [0.717, 1.165) is 5.56 Å². The van der Waals surface area contributed by atoms with Crippen molar-refractivity contribution >= 4 is 33.7 Å². The molecule has 0 spiro atoms. The second-order valence-electron chi connectivity index (χ2n) is 7.09. The van der Waals surface area contributed by atoms with Gasteiger partial charge in [-0.1, -0.05) is 44.2 Å². The van der Waals surface area contributed by atoms with Crippen LogP contribution in [0.2, 0.25) is 0 Å². The van der Waals surface area contributed by atoms with Crippen LogP contribution < -0.4 is 10.6 Å². The summed E-state index contributed by atoms with van der Waals surface area (Å²) in [5, 5.41) is 4.44. The smallest absolute Gasteiger partial charge is 0.325 e. The number of hydrogen-bond donors (Lipinski definition) is 2. The summed E-state index contributed by atoms with van der Waals surface area (Å²) >= 11 is 0. The van der Waals surface area contributed by atoms with Gasteiger partial charge in [-0.15, -0.1) is 0 Å². The van der Waals surface area contributed by atoms with Crippen molar-refractivity contribution in [1.29, 1.82) is 0 Å². The van der Waals surface area contributed by atoms with E-state index >= 15 is 0 Å². The number of ether oxygens (including phenoxy) is 1. The lowest BCUT2D eigenvalue weighted by atomic mass is 10.1. The number of nitrogens with zero attached hydrogens (tertiary/aromatic N) is 1. The number of carbonyl (C=O) groups is 4. The average molecular weight is 490 g/mol. The van der Waals surface area contributed by atoms with Crippen molar-refractivity contribution in [2.45, 2.75) is 25.2 Å². The largest absolute Gasteiger partial charge is 0.454 e. The first kappa shape index (κ1) is 26.7. The Kier molecular flexibility index (Phi) is 9.90. The predicted molar refractivity (Wildman–Crippen MR) is 123 cm³/mol. The quantitative estimate of drug-likeness (QED) is 0.447. The van der Waals surface area contributed by atoms with E-state index in [0.29, 0.717) is 13.1 Å². The Morgan fingerprint density at radius 3 is 2.09 bits per heavy atom. The van der Waals surface area contributed by atoms with Crippen molar-refractivity contribution in [3.63, 3.8) is 0 Å². The third-order valence-corrected chi connectivity index (χ3v) is 6.77. The summed E-state index contributed by atoms with van der Waals surface area (Å²) in [5.41, 5.74) is 0.877. The number of sulfonamides is 1. The average Bonchev–Trinajstić information content (AvgIpc) is 2.82. The molecule has 0 aliphatic rings. The Labute approximate surface area is 198 Å². The molecule has 0 aliphatic carbocycles. The van der Waals surface area contributed by atoms with Gasteiger partial charge in [0, 0.05) is 18.7 Å². The molecule has 0 saturated heterocycles. The van der Waals surface area contributed by atoms with Crippen LogP contribution in [0.15, 0.2) is 59.5 Å². The summed E-state index contributed by atoms with van der Waals surface area (Å²) in [7, 11) is -3.65. The zero-order chi connectivity index (χ0) is 25.1. The van der Waals surface area contributed by atoms with E-state index in [9.17, 15) is 27.6 Å². The lowest BCUT2D eigenvalue weighted by Crippen LogP contribution is -2.37. The van der Waals surface area contributed by atoms with Gasteiger partial charge >= 0.3 is 5.97 Å². The van der Waals surface area contributed by atoms with Crippen molar-refractivity contribution in [2.75, 3.05) is 26.2 Å². The molecule has 2 aromatic carbocycles. The van der Waals surface area contributed by atoms with Crippen LogP contribution in [0.1, 0.15) is 29.8 Å². The van der Waals surface area contributed by atoms with Crippen LogP contribution in [0, 0.1) is 0 Å². The Morgan fingerprint density at radius 2 is 1.50 bits per heavy atom. The summed E-state index contributed by atoms with van der Waals surface area (Å²) in [6, 6.07) is 14.1. The van der Waals surface area contributed by atoms with Gasteiger partial charge in [-0.25, -0.2) is 8.42 Å². The molecule has 0 bridgehead atoms. The second-order valence-corrected chi connectivity index (χ2v) is 9.03. The maximum Gasteiger partial charge on any atom is 0.325 e. The van der Waals surface area contributed by atoms with Gasteiger partial charge in [0.2, 0.25) is 15.9 Å². The molecule has 2 aromatic rings. The molecule has 0 saturated carbocycles. The fourth-order valence-electron chi connectivity index (χ4n) is 2.96. The first-order valence-electron chi connectivity index (χ1n) is 10.6. The van der Waals surface area contributed by atoms with Crippen molar-refractivity contribution < 1.29 is 32.3 Å². The molecule has 0 aromatic heterocycles.